The van der Waals surface area contributed by atoms with Crippen LogP contribution in [0.4, 0.5) is 5.69 Å². The number of fused-ring (bicyclic) bond motifs is 1. The Kier molecular flexibility index (Phi) is 3.06. The molecule has 18 heavy (non-hydrogen) atoms. The standard InChI is InChI=1S/C13H13NO4/c1-8(13(16)17)7-14-10-5-3-4-6-11(10)18-9(2)12(14)15/h3-6,9H,1,7H2,2H3,(H,16,17). The van der Waals surface area contributed by atoms with Gasteiger partial charge in [0.2, 0.25) is 0 Å². The molecule has 0 saturated heterocycles. The molecule has 1 unspecified atom stereocenters. The molecule has 1 amide bonds. The molecule has 1 aromatic carbocycles. The summed E-state index contributed by atoms with van der Waals surface area (Å²) in [7, 11) is 0. The van der Waals surface area contributed by atoms with Gasteiger partial charge in [0.25, 0.3) is 5.91 Å². The van der Waals surface area contributed by atoms with Crippen molar-refractivity contribution < 1.29 is 19.4 Å². The van der Waals surface area contributed by atoms with Crippen LogP contribution in [-0.4, -0.2) is 29.6 Å². The minimum absolute atomic E-state index is 0.0350. The van der Waals surface area contributed by atoms with Gasteiger partial charge in [-0.2, -0.15) is 0 Å². The van der Waals surface area contributed by atoms with Gasteiger partial charge in [-0.25, -0.2) is 4.79 Å². The number of carbonyl (C=O) groups excluding carboxylic acids is 1. The lowest BCUT2D eigenvalue weighted by Crippen LogP contribution is -2.45. The van der Waals surface area contributed by atoms with Crippen molar-refractivity contribution in [1.82, 2.24) is 0 Å². The highest BCUT2D eigenvalue weighted by Crippen LogP contribution is 2.33. The Hall–Kier alpha value is -2.30. The molecule has 0 aliphatic carbocycles. The third-order valence-corrected chi connectivity index (χ3v) is 2.73. The quantitative estimate of drug-likeness (QED) is 0.821. The van der Waals surface area contributed by atoms with Crippen molar-refractivity contribution in [2.45, 2.75) is 13.0 Å². The fourth-order valence-electron chi connectivity index (χ4n) is 1.78. The van der Waals surface area contributed by atoms with E-state index in [2.05, 4.69) is 6.58 Å². The first-order valence-corrected chi connectivity index (χ1v) is 5.49. The SMILES string of the molecule is C=C(CN1C(=O)C(C)Oc2ccccc21)C(=O)O. The molecule has 0 saturated carbocycles. The molecule has 0 fully saturated rings. The molecule has 0 radical (unpaired) electrons. The largest absolute Gasteiger partial charge is 0.479 e. The van der Waals surface area contributed by atoms with E-state index >= 15 is 0 Å². The van der Waals surface area contributed by atoms with Crippen molar-refractivity contribution in [2.75, 3.05) is 11.4 Å². The second-order valence-electron chi connectivity index (χ2n) is 4.06. The number of carbonyl (C=O) groups is 2. The zero-order valence-corrected chi connectivity index (χ0v) is 9.92. The van der Waals surface area contributed by atoms with E-state index < -0.39 is 12.1 Å². The molecule has 0 bridgehead atoms. The number of para-hydroxylation sites is 2. The average Bonchev–Trinajstić information content (AvgIpc) is 2.34. The molecule has 1 atom stereocenters. The molecule has 1 N–H and O–H groups in total. The predicted molar refractivity (Wildman–Crippen MR) is 65.7 cm³/mol. The van der Waals surface area contributed by atoms with Gasteiger partial charge in [-0.15, -0.1) is 0 Å². The van der Waals surface area contributed by atoms with Crippen LogP contribution in [0, 0.1) is 0 Å². The first-order valence-electron chi connectivity index (χ1n) is 5.49. The lowest BCUT2D eigenvalue weighted by molar-refractivity contribution is -0.132. The second kappa shape index (κ2) is 4.52. The Morgan fingerprint density at radius 3 is 2.83 bits per heavy atom. The van der Waals surface area contributed by atoms with E-state index in [0.29, 0.717) is 11.4 Å². The summed E-state index contributed by atoms with van der Waals surface area (Å²) in [5, 5.41) is 8.84. The number of hydrogen-bond donors (Lipinski definition) is 1. The van der Waals surface area contributed by atoms with Crippen LogP contribution in [0.2, 0.25) is 0 Å². The molecule has 5 heteroatoms. The number of aliphatic carboxylic acids is 1. The number of nitrogens with zero attached hydrogens (tertiary/aromatic N) is 1. The van der Waals surface area contributed by atoms with Gasteiger partial charge < -0.3 is 14.7 Å². The molecule has 0 spiro atoms. The van der Waals surface area contributed by atoms with E-state index in [1.54, 1.807) is 31.2 Å². The molecule has 5 nitrogen and oxygen atoms in total. The maximum absolute atomic E-state index is 12.0. The van der Waals surface area contributed by atoms with E-state index in [4.69, 9.17) is 9.84 Å². The Labute approximate surface area is 104 Å². The molecule has 1 heterocycles. The number of anilines is 1. The molecular formula is C13H13NO4. The summed E-state index contributed by atoms with van der Waals surface area (Å²) in [5.41, 5.74) is 0.537. The summed E-state index contributed by atoms with van der Waals surface area (Å²) in [4.78, 5) is 24.2. The normalized spacial score (nSPS) is 17.9. The fourth-order valence-corrected chi connectivity index (χ4v) is 1.78. The maximum Gasteiger partial charge on any atom is 0.332 e. The lowest BCUT2D eigenvalue weighted by atomic mass is 10.1. The van der Waals surface area contributed by atoms with Gasteiger partial charge in [0.05, 0.1) is 12.2 Å². The number of carboxylic acids is 1. The van der Waals surface area contributed by atoms with Gasteiger partial charge in [-0.3, -0.25) is 4.79 Å². The minimum atomic E-state index is -1.11. The summed E-state index contributed by atoms with van der Waals surface area (Å²) in [5.74, 6) is -0.807. The van der Waals surface area contributed by atoms with E-state index in [0.717, 1.165) is 0 Å². The van der Waals surface area contributed by atoms with Gasteiger partial charge in [-0.1, -0.05) is 18.7 Å². The molecule has 0 aromatic heterocycles. The first-order chi connectivity index (χ1) is 8.50. The number of carboxylic acid groups (broad SMARTS) is 1. The predicted octanol–water partition coefficient (Wildman–Crippen LogP) is 1.44. The van der Waals surface area contributed by atoms with Gasteiger partial charge in [-0.05, 0) is 19.1 Å². The van der Waals surface area contributed by atoms with Crippen molar-refractivity contribution in [3.05, 3.63) is 36.4 Å². The van der Waals surface area contributed by atoms with Crippen molar-refractivity contribution in [3.63, 3.8) is 0 Å². The summed E-state index contributed by atoms with van der Waals surface area (Å²) in [6, 6.07) is 7.02. The number of hydrogen-bond acceptors (Lipinski definition) is 3. The molecule has 1 aliphatic heterocycles. The first kappa shape index (κ1) is 12.2. The minimum Gasteiger partial charge on any atom is -0.479 e. The van der Waals surface area contributed by atoms with Crippen LogP contribution in [0.25, 0.3) is 0 Å². The van der Waals surface area contributed by atoms with Gasteiger partial charge >= 0.3 is 5.97 Å². The molecule has 2 rings (SSSR count). The lowest BCUT2D eigenvalue weighted by Gasteiger charge is -2.32. The van der Waals surface area contributed by atoms with Crippen LogP contribution in [0.1, 0.15) is 6.92 Å². The Bertz CT molecular complexity index is 523. The number of amides is 1. The monoisotopic (exact) mass is 247 g/mol. The van der Waals surface area contributed by atoms with E-state index in [1.165, 1.54) is 4.90 Å². The number of benzene rings is 1. The number of rotatable bonds is 3. The smallest absolute Gasteiger partial charge is 0.332 e. The molecule has 1 aromatic rings. The highest BCUT2D eigenvalue weighted by Gasteiger charge is 2.32. The number of ether oxygens (including phenoxy) is 1. The molecule has 1 aliphatic rings. The zero-order valence-electron chi connectivity index (χ0n) is 9.92. The summed E-state index contributed by atoms with van der Waals surface area (Å²) in [6.45, 7) is 5.04. The van der Waals surface area contributed by atoms with Crippen LogP contribution < -0.4 is 9.64 Å². The van der Waals surface area contributed by atoms with Gasteiger partial charge in [0, 0.05) is 5.57 Å². The summed E-state index contributed by atoms with van der Waals surface area (Å²) >= 11 is 0. The zero-order chi connectivity index (χ0) is 13.3. The van der Waals surface area contributed by atoms with E-state index in [-0.39, 0.29) is 18.0 Å². The maximum atomic E-state index is 12.0. The third kappa shape index (κ3) is 2.07. The van der Waals surface area contributed by atoms with Crippen LogP contribution in [0.3, 0.4) is 0 Å². The molecular weight excluding hydrogens is 234 g/mol. The Morgan fingerprint density at radius 2 is 2.17 bits per heavy atom. The molecule has 94 valence electrons. The van der Waals surface area contributed by atoms with E-state index in [9.17, 15) is 9.59 Å². The second-order valence-corrected chi connectivity index (χ2v) is 4.06. The van der Waals surface area contributed by atoms with Crippen molar-refractivity contribution in [1.29, 1.82) is 0 Å². The van der Waals surface area contributed by atoms with Crippen LogP contribution >= 0.6 is 0 Å². The van der Waals surface area contributed by atoms with Crippen LogP contribution in [0.5, 0.6) is 5.75 Å². The van der Waals surface area contributed by atoms with Gasteiger partial charge in [0.1, 0.15) is 5.75 Å². The fraction of sp³-hybridized carbons (Fsp3) is 0.231. The Balaban J connectivity index is 2.35. The van der Waals surface area contributed by atoms with Crippen LogP contribution in [0.15, 0.2) is 36.4 Å². The van der Waals surface area contributed by atoms with E-state index in [1.807, 2.05) is 0 Å². The highest BCUT2D eigenvalue weighted by atomic mass is 16.5. The summed E-state index contributed by atoms with van der Waals surface area (Å²) < 4.78 is 5.45. The average molecular weight is 247 g/mol. The van der Waals surface area contributed by atoms with Crippen LogP contribution in [-0.2, 0) is 9.59 Å². The Morgan fingerprint density at radius 1 is 1.50 bits per heavy atom. The third-order valence-electron chi connectivity index (χ3n) is 2.73. The summed E-state index contributed by atoms with van der Waals surface area (Å²) in [6.07, 6.45) is -0.624. The van der Waals surface area contributed by atoms with Crippen molar-refractivity contribution in [2.24, 2.45) is 0 Å². The topological polar surface area (TPSA) is 66.8 Å². The highest BCUT2D eigenvalue weighted by molar-refractivity contribution is 6.01. The van der Waals surface area contributed by atoms with Crippen molar-refractivity contribution in [3.8, 4) is 5.75 Å². The van der Waals surface area contributed by atoms with Gasteiger partial charge in [0.15, 0.2) is 6.10 Å². The van der Waals surface area contributed by atoms with Crippen molar-refractivity contribution >= 4 is 17.6 Å².